The summed E-state index contributed by atoms with van der Waals surface area (Å²) in [6.45, 7) is 10.7. The van der Waals surface area contributed by atoms with E-state index in [0.717, 1.165) is 9.38 Å². The predicted molar refractivity (Wildman–Crippen MR) is 204 cm³/mol. The smallest absolute Gasteiger partial charge is 0.300 e. The zero-order valence-corrected chi connectivity index (χ0v) is 31.7. The highest BCUT2D eigenvalue weighted by molar-refractivity contribution is 9.10. The highest BCUT2D eigenvalue weighted by atomic mass is 79.9. The molecule has 0 unspecified atom stereocenters. The average Bonchev–Trinajstić information content (AvgIpc) is 3.38. The first-order valence-corrected chi connectivity index (χ1v) is 19.0. The number of anilines is 1. The summed E-state index contributed by atoms with van der Waals surface area (Å²) in [5, 5.41) is 0. The van der Waals surface area contributed by atoms with Crippen molar-refractivity contribution < 1.29 is 17.9 Å². The minimum absolute atomic E-state index is 0.0110. The van der Waals surface area contributed by atoms with Crippen LogP contribution in [0.1, 0.15) is 39.0 Å². The van der Waals surface area contributed by atoms with Gasteiger partial charge < -0.3 is 9.47 Å². The molecule has 0 radical (unpaired) electrons. The third kappa shape index (κ3) is 15.3. The number of pyridine rings is 2. The number of hydrogen-bond donors (Lipinski definition) is 2. The second-order valence-electron chi connectivity index (χ2n) is 9.11. The van der Waals surface area contributed by atoms with Crippen LogP contribution in [0.4, 0.5) is 5.82 Å². The predicted octanol–water partition coefficient (Wildman–Crippen LogP) is 7.27. The van der Waals surface area contributed by atoms with Crippen molar-refractivity contribution in [2.45, 2.75) is 41.2 Å². The number of halogens is 1. The molecule has 15 heteroatoms. The van der Waals surface area contributed by atoms with Gasteiger partial charge in [0.1, 0.15) is 26.1 Å². The molecule has 49 heavy (non-hydrogen) atoms. The molecule has 0 atom stereocenters. The molecule has 3 aromatic heterocycles. The van der Waals surface area contributed by atoms with Gasteiger partial charge in [-0.15, -0.1) is 11.8 Å². The van der Waals surface area contributed by atoms with Gasteiger partial charge in [0.25, 0.3) is 0 Å². The highest BCUT2D eigenvalue weighted by Crippen LogP contribution is 2.35. The van der Waals surface area contributed by atoms with Gasteiger partial charge in [0.2, 0.25) is 11.8 Å². The van der Waals surface area contributed by atoms with E-state index < -0.39 is 10.2 Å². The summed E-state index contributed by atoms with van der Waals surface area (Å²) < 4.78 is 43.1. The summed E-state index contributed by atoms with van der Waals surface area (Å²) in [5.74, 6) is 0.722. The number of aliphatic imine (C=N–C) groups is 2. The van der Waals surface area contributed by atoms with Gasteiger partial charge in [0, 0.05) is 40.4 Å². The van der Waals surface area contributed by atoms with Crippen molar-refractivity contribution in [3.8, 4) is 17.0 Å². The van der Waals surface area contributed by atoms with E-state index in [-0.39, 0.29) is 31.5 Å². The molecule has 0 fully saturated rings. The number of nitrogens with one attached hydrogen (secondary N) is 2. The Kier molecular flexibility index (Phi) is 19.4. The Bertz CT molecular complexity index is 1730. The first kappa shape index (κ1) is 41.0. The third-order valence-electron chi connectivity index (χ3n) is 5.76. The molecule has 0 spiro atoms. The Balaban J connectivity index is 0.000000656. The van der Waals surface area contributed by atoms with Crippen molar-refractivity contribution in [1.29, 1.82) is 0 Å². The molecule has 0 aliphatic carbocycles. The maximum Gasteiger partial charge on any atom is 0.300 e. The first-order chi connectivity index (χ1) is 23.8. The van der Waals surface area contributed by atoms with E-state index in [2.05, 4.69) is 55.3 Å². The van der Waals surface area contributed by atoms with Crippen LogP contribution in [-0.2, 0) is 21.5 Å². The van der Waals surface area contributed by atoms with Crippen molar-refractivity contribution in [3.63, 3.8) is 0 Å². The van der Waals surface area contributed by atoms with Gasteiger partial charge in [-0.3, -0.25) is 19.7 Å². The molecule has 0 saturated carbocycles. The van der Waals surface area contributed by atoms with Crippen LogP contribution in [0.5, 0.6) is 5.88 Å². The monoisotopic (exact) mass is 770 g/mol. The van der Waals surface area contributed by atoms with Crippen LogP contribution >= 0.6 is 27.7 Å². The lowest BCUT2D eigenvalue weighted by molar-refractivity contribution is 0.203. The van der Waals surface area contributed by atoms with Crippen LogP contribution in [-0.4, -0.2) is 66.5 Å². The summed E-state index contributed by atoms with van der Waals surface area (Å²) in [6, 6.07) is 16.5. The Morgan fingerprint density at radius 1 is 0.918 bits per heavy atom. The topological polar surface area (TPSA) is 153 Å². The molecule has 12 nitrogen and oxygen atoms in total. The van der Waals surface area contributed by atoms with Crippen LogP contribution in [0.25, 0.3) is 11.1 Å². The SMILES string of the molecule is CC.CC.CSC1=CN=C(OCCOc2ncnc(NS(=O)(=O)NCc3ccccn3)c2-c2ccc(Br)cc2)CN=C1.Cc1cccnc1. The molecule has 1 aliphatic rings. The van der Waals surface area contributed by atoms with Gasteiger partial charge >= 0.3 is 10.2 Å². The summed E-state index contributed by atoms with van der Waals surface area (Å²) in [7, 11) is -3.99. The normalized spacial score (nSPS) is 11.8. The summed E-state index contributed by atoms with van der Waals surface area (Å²) in [5.41, 5.74) is 2.82. The van der Waals surface area contributed by atoms with Gasteiger partial charge in [-0.25, -0.2) is 15.0 Å². The van der Waals surface area contributed by atoms with Gasteiger partial charge in [0.05, 0.1) is 17.8 Å². The molecule has 4 heterocycles. The van der Waals surface area contributed by atoms with E-state index in [1.807, 2.05) is 71.3 Å². The zero-order valence-electron chi connectivity index (χ0n) is 28.5. The number of thioether (sulfide) groups is 1. The highest BCUT2D eigenvalue weighted by Gasteiger charge is 2.20. The summed E-state index contributed by atoms with van der Waals surface area (Å²) in [6.07, 6.45) is 11.8. The maximum absolute atomic E-state index is 12.8. The largest absolute Gasteiger partial charge is 0.476 e. The molecule has 0 bridgehead atoms. The lowest BCUT2D eigenvalue weighted by Crippen LogP contribution is -2.30. The van der Waals surface area contributed by atoms with Crippen molar-refractivity contribution in [3.05, 3.63) is 106 Å². The molecule has 0 saturated heterocycles. The molecule has 5 rings (SSSR count). The second kappa shape index (κ2) is 23.2. The number of allylic oxidation sites excluding steroid dienone is 1. The summed E-state index contributed by atoms with van der Waals surface area (Å²) in [4.78, 5) is 26.0. The third-order valence-corrected chi connectivity index (χ3v) is 7.96. The fourth-order valence-corrected chi connectivity index (χ4v) is 5.05. The average molecular weight is 772 g/mol. The Morgan fingerprint density at radius 2 is 1.67 bits per heavy atom. The number of aromatic nitrogens is 4. The van der Waals surface area contributed by atoms with E-state index in [4.69, 9.17) is 9.47 Å². The number of benzene rings is 1. The quantitative estimate of drug-likeness (QED) is 0.150. The molecular formula is C34H43BrN8O4S2. The lowest BCUT2D eigenvalue weighted by atomic mass is 10.1. The van der Waals surface area contributed by atoms with Crippen molar-refractivity contribution in [2.24, 2.45) is 9.98 Å². The minimum atomic E-state index is -3.99. The van der Waals surface area contributed by atoms with Crippen LogP contribution in [0.15, 0.2) is 105 Å². The van der Waals surface area contributed by atoms with Crippen molar-refractivity contribution >= 4 is 55.8 Å². The minimum Gasteiger partial charge on any atom is -0.476 e. The van der Waals surface area contributed by atoms with Crippen molar-refractivity contribution in [2.75, 3.05) is 30.7 Å². The number of hydrogen-bond acceptors (Lipinski definition) is 11. The van der Waals surface area contributed by atoms with Gasteiger partial charge in [-0.1, -0.05) is 67.9 Å². The number of ether oxygens (including phenoxy) is 2. The molecule has 262 valence electrons. The van der Waals surface area contributed by atoms with Crippen LogP contribution in [0.2, 0.25) is 0 Å². The molecular weight excluding hydrogens is 728 g/mol. The van der Waals surface area contributed by atoms with Crippen LogP contribution in [0.3, 0.4) is 0 Å². The standard InChI is InChI=1S/C24H24BrN7O4S2.C6H7N.2C2H6/c1-37-20-13-26-15-21(28-14-20)35-10-11-36-24-22(17-5-7-18(25)8-6-17)23(29-16-30-24)32-38(33,34)31-12-19-4-2-3-9-27-19;1-6-3-2-4-7-5-6;2*1-2/h2-9,13-14,16,31H,10-12,15H2,1H3,(H,29,30,32);2-5H,1H3;2*1-2H3. The Hall–Kier alpha value is -4.18. The molecule has 0 amide bonds. The molecule has 4 aromatic rings. The molecule has 1 aromatic carbocycles. The van der Waals surface area contributed by atoms with E-state index >= 15 is 0 Å². The zero-order chi connectivity index (χ0) is 35.9. The van der Waals surface area contributed by atoms with E-state index in [0.29, 0.717) is 29.3 Å². The first-order valence-electron chi connectivity index (χ1n) is 15.5. The van der Waals surface area contributed by atoms with E-state index in [1.165, 1.54) is 11.9 Å². The van der Waals surface area contributed by atoms with Gasteiger partial charge in [-0.05, 0) is 54.6 Å². The fraction of sp³-hybridized carbons (Fsp3) is 0.294. The maximum atomic E-state index is 12.8. The number of nitrogens with zero attached hydrogens (tertiary/aromatic N) is 6. The molecule has 2 N–H and O–H groups in total. The van der Waals surface area contributed by atoms with Gasteiger partial charge in [-0.2, -0.15) is 13.1 Å². The lowest BCUT2D eigenvalue weighted by Gasteiger charge is -2.16. The van der Waals surface area contributed by atoms with Crippen molar-refractivity contribution in [1.82, 2.24) is 24.7 Å². The Morgan fingerprint density at radius 3 is 2.31 bits per heavy atom. The molecule has 1 aliphatic heterocycles. The van der Waals surface area contributed by atoms with Crippen LogP contribution < -0.4 is 14.2 Å². The fourth-order valence-electron chi connectivity index (χ4n) is 3.63. The Labute approximate surface area is 302 Å². The van der Waals surface area contributed by atoms with E-state index in [9.17, 15) is 8.42 Å². The van der Waals surface area contributed by atoms with Gasteiger partial charge in [0.15, 0.2) is 5.82 Å². The van der Waals surface area contributed by atoms with Crippen LogP contribution in [0, 0.1) is 6.92 Å². The van der Waals surface area contributed by atoms with E-state index in [1.54, 1.807) is 66.9 Å². The number of rotatable bonds is 11. The number of aryl methyl sites for hydroxylation is 1. The second-order valence-corrected chi connectivity index (χ2v) is 12.4. The summed E-state index contributed by atoms with van der Waals surface area (Å²) >= 11 is 4.96.